The van der Waals surface area contributed by atoms with Gasteiger partial charge in [-0.15, -0.1) is 0 Å². The second kappa shape index (κ2) is 6.32. The average molecular weight is 287 g/mol. The number of carbonyl (C=O) groups is 1. The van der Waals surface area contributed by atoms with Crippen molar-refractivity contribution in [3.63, 3.8) is 0 Å². The van der Waals surface area contributed by atoms with E-state index in [-0.39, 0.29) is 18.9 Å². The second-order valence-electron chi connectivity index (χ2n) is 4.81. The van der Waals surface area contributed by atoms with Crippen molar-refractivity contribution in [2.45, 2.75) is 26.9 Å². The first-order chi connectivity index (χ1) is 9.99. The Morgan fingerprint density at radius 1 is 1.38 bits per heavy atom. The van der Waals surface area contributed by atoms with Crippen LogP contribution >= 0.6 is 0 Å². The van der Waals surface area contributed by atoms with Crippen molar-refractivity contribution < 1.29 is 9.90 Å². The molecule has 0 aliphatic carbocycles. The molecule has 3 N–H and O–H groups in total. The van der Waals surface area contributed by atoms with Crippen molar-refractivity contribution in [3.05, 3.63) is 57.3 Å². The molecular weight excluding hydrogens is 270 g/mol. The number of rotatable bonds is 4. The molecule has 21 heavy (non-hydrogen) atoms. The number of benzene rings is 1. The maximum Gasteiger partial charge on any atom is 0.345 e. The summed E-state index contributed by atoms with van der Waals surface area (Å²) in [5.41, 5.74) is 2.85. The maximum absolute atomic E-state index is 12.1. The molecule has 2 rings (SSSR count). The molecule has 0 aliphatic rings. The Labute approximate surface area is 121 Å². The molecule has 2 aromatic rings. The lowest BCUT2D eigenvalue weighted by Gasteiger charge is -2.09. The van der Waals surface area contributed by atoms with Gasteiger partial charge in [-0.25, -0.2) is 4.79 Å². The first kappa shape index (κ1) is 14.9. The molecule has 0 aliphatic heterocycles. The number of aliphatic hydroxyl groups excluding tert-OH is 1. The Morgan fingerprint density at radius 3 is 2.81 bits per heavy atom. The molecule has 0 saturated heterocycles. The van der Waals surface area contributed by atoms with Crippen LogP contribution in [-0.4, -0.2) is 21.0 Å². The van der Waals surface area contributed by atoms with E-state index in [2.05, 4.69) is 15.3 Å². The summed E-state index contributed by atoms with van der Waals surface area (Å²) < 4.78 is 0. The Kier molecular flexibility index (Phi) is 4.49. The molecule has 0 unspecified atom stereocenters. The number of aryl methyl sites for hydroxylation is 2. The van der Waals surface area contributed by atoms with Crippen molar-refractivity contribution in [2.24, 2.45) is 0 Å². The summed E-state index contributed by atoms with van der Waals surface area (Å²) in [5.74, 6) is -0.204. The minimum absolute atomic E-state index is 0.0776. The predicted molar refractivity (Wildman–Crippen MR) is 79.0 cm³/mol. The SMILES string of the molecule is Cc1nc(=O)[nH]c(C)c1CC(=O)Nc1cccc(CO)c1. The number of nitrogens with one attached hydrogen (secondary N) is 2. The normalized spacial score (nSPS) is 10.4. The lowest BCUT2D eigenvalue weighted by atomic mass is 10.1. The van der Waals surface area contributed by atoms with Crippen LogP contribution in [0, 0.1) is 13.8 Å². The topological polar surface area (TPSA) is 95.1 Å². The van der Waals surface area contributed by atoms with Crippen molar-refractivity contribution >= 4 is 11.6 Å². The third kappa shape index (κ3) is 3.76. The number of aromatic nitrogens is 2. The lowest BCUT2D eigenvalue weighted by Crippen LogP contribution is -2.21. The van der Waals surface area contributed by atoms with Gasteiger partial charge in [0.05, 0.1) is 13.0 Å². The van der Waals surface area contributed by atoms with Gasteiger partial charge in [0.25, 0.3) is 0 Å². The number of H-pyrrole nitrogens is 1. The Balaban J connectivity index is 2.13. The van der Waals surface area contributed by atoms with Gasteiger partial charge in [0.2, 0.25) is 5.91 Å². The summed E-state index contributed by atoms with van der Waals surface area (Å²) in [7, 11) is 0. The number of carbonyl (C=O) groups excluding carboxylic acids is 1. The minimum Gasteiger partial charge on any atom is -0.392 e. The first-order valence-electron chi connectivity index (χ1n) is 6.55. The molecule has 1 aromatic carbocycles. The van der Waals surface area contributed by atoms with Gasteiger partial charge in [-0.2, -0.15) is 4.98 Å². The van der Waals surface area contributed by atoms with Crippen molar-refractivity contribution in [1.82, 2.24) is 9.97 Å². The molecule has 0 saturated carbocycles. The Bertz CT molecular complexity index is 696. The van der Waals surface area contributed by atoms with E-state index in [0.717, 1.165) is 5.56 Å². The number of aliphatic hydroxyl groups is 1. The monoisotopic (exact) mass is 287 g/mol. The molecule has 1 heterocycles. The zero-order valence-corrected chi connectivity index (χ0v) is 11.9. The van der Waals surface area contributed by atoms with Crippen molar-refractivity contribution in [2.75, 3.05) is 5.32 Å². The van der Waals surface area contributed by atoms with Crippen LogP contribution in [0.15, 0.2) is 29.1 Å². The third-order valence-electron chi connectivity index (χ3n) is 3.18. The molecule has 0 bridgehead atoms. The molecule has 0 spiro atoms. The standard InChI is InChI=1S/C15H17N3O3/c1-9-13(10(2)17-15(21)16-9)7-14(20)18-12-5-3-4-11(6-12)8-19/h3-6,19H,7-8H2,1-2H3,(H,18,20)(H,16,17,21). The lowest BCUT2D eigenvalue weighted by molar-refractivity contribution is -0.115. The fraction of sp³-hybridized carbons (Fsp3) is 0.267. The zero-order valence-electron chi connectivity index (χ0n) is 11.9. The van der Waals surface area contributed by atoms with Crippen LogP contribution in [0.3, 0.4) is 0 Å². The van der Waals surface area contributed by atoms with Crippen LogP contribution in [0.1, 0.15) is 22.5 Å². The smallest absolute Gasteiger partial charge is 0.345 e. The van der Waals surface area contributed by atoms with E-state index in [1.54, 1.807) is 38.1 Å². The highest BCUT2D eigenvalue weighted by atomic mass is 16.3. The van der Waals surface area contributed by atoms with Gasteiger partial charge in [0, 0.05) is 22.6 Å². The number of anilines is 1. The van der Waals surface area contributed by atoms with Crippen LogP contribution < -0.4 is 11.0 Å². The number of hydrogen-bond donors (Lipinski definition) is 3. The summed E-state index contributed by atoms with van der Waals surface area (Å²) in [5, 5.41) is 11.8. The number of aromatic amines is 1. The van der Waals surface area contributed by atoms with Gasteiger partial charge in [0.15, 0.2) is 0 Å². The highest BCUT2D eigenvalue weighted by molar-refractivity contribution is 5.92. The van der Waals surface area contributed by atoms with Crippen LogP contribution in [0.5, 0.6) is 0 Å². The van der Waals surface area contributed by atoms with Crippen LogP contribution in [0.25, 0.3) is 0 Å². The van der Waals surface area contributed by atoms with E-state index in [0.29, 0.717) is 22.6 Å². The van der Waals surface area contributed by atoms with E-state index in [9.17, 15) is 9.59 Å². The van der Waals surface area contributed by atoms with E-state index in [4.69, 9.17) is 5.11 Å². The van der Waals surface area contributed by atoms with E-state index < -0.39 is 5.69 Å². The molecule has 0 atom stereocenters. The fourth-order valence-electron chi connectivity index (χ4n) is 2.13. The number of nitrogens with zero attached hydrogens (tertiary/aromatic N) is 1. The summed E-state index contributed by atoms with van der Waals surface area (Å²) >= 11 is 0. The van der Waals surface area contributed by atoms with Gasteiger partial charge in [-0.3, -0.25) is 4.79 Å². The highest BCUT2D eigenvalue weighted by Crippen LogP contribution is 2.13. The van der Waals surface area contributed by atoms with E-state index in [1.807, 2.05) is 0 Å². The maximum atomic E-state index is 12.1. The van der Waals surface area contributed by atoms with E-state index >= 15 is 0 Å². The van der Waals surface area contributed by atoms with Crippen LogP contribution in [-0.2, 0) is 17.8 Å². The number of hydrogen-bond acceptors (Lipinski definition) is 4. The Morgan fingerprint density at radius 2 is 2.14 bits per heavy atom. The summed E-state index contributed by atoms with van der Waals surface area (Å²) in [6.45, 7) is 3.37. The minimum atomic E-state index is -0.412. The molecule has 6 heteroatoms. The average Bonchev–Trinajstić information content (AvgIpc) is 2.43. The van der Waals surface area contributed by atoms with Crippen molar-refractivity contribution in [1.29, 1.82) is 0 Å². The largest absolute Gasteiger partial charge is 0.392 e. The molecule has 0 radical (unpaired) electrons. The highest BCUT2D eigenvalue weighted by Gasteiger charge is 2.11. The summed E-state index contributed by atoms with van der Waals surface area (Å²) in [6.07, 6.45) is 0.130. The molecular formula is C15H17N3O3. The molecule has 0 fully saturated rings. The number of amides is 1. The van der Waals surface area contributed by atoms with Gasteiger partial charge in [-0.05, 0) is 31.5 Å². The Hall–Kier alpha value is -2.47. The summed E-state index contributed by atoms with van der Waals surface area (Å²) in [6, 6.07) is 7.00. The van der Waals surface area contributed by atoms with Crippen LogP contribution in [0.2, 0.25) is 0 Å². The molecule has 6 nitrogen and oxygen atoms in total. The third-order valence-corrected chi connectivity index (χ3v) is 3.18. The quantitative estimate of drug-likeness (QED) is 0.783. The fourth-order valence-corrected chi connectivity index (χ4v) is 2.13. The summed E-state index contributed by atoms with van der Waals surface area (Å²) in [4.78, 5) is 29.7. The van der Waals surface area contributed by atoms with Gasteiger partial charge >= 0.3 is 5.69 Å². The van der Waals surface area contributed by atoms with Gasteiger partial charge in [0.1, 0.15) is 0 Å². The van der Waals surface area contributed by atoms with Gasteiger partial charge < -0.3 is 15.4 Å². The molecule has 1 aromatic heterocycles. The predicted octanol–water partition coefficient (Wildman–Crippen LogP) is 1.06. The first-order valence-corrected chi connectivity index (χ1v) is 6.55. The van der Waals surface area contributed by atoms with E-state index in [1.165, 1.54) is 0 Å². The molecule has 1 amide bonds. The second-order valence-corrected chi connectivity index (χ2v) is 4.81. The zero-order chi connectivity index (χ0) is 15.4. The van der Waals surface area contributed by atoms with Crippen LogP contribution in [0.4, 0.5) is 5.69 Å². The van der Waals surface area contributed by atoms with Gasteiger partial charge in [-0.1, -0.05) is 12.1 Å². The van der Waals surface area contributed by atoms with Crippen molar-refractivity contribution in [3.8, 4) is 0 Å². The molecule has 110 valence electrons.